The Balaban J connectivity index is 5.30. The minimum atomic E-state index is -1.89. The molecule has 0 N–H and O–H groups in total. The molecule has 0 radical (unpaired) electrons. The van der Waals surface area contributed by atoms with Gasteiger partial charge in [-0.1, -0.05) is 57.6 Å². The van der Waals surface area contributed by atoms with E-state index >= 15 is 0 Å². The molecule has 4 heteroatoms. The predicted octanol–water partition coefficient (Wildman–Crippen LogP) is 6.04. The lowest BCUT2D eigenvalue weighted by molar-refractivity contribution is -0.137. The van der Waals surface area contributed by atoms with Crippen molar-refractivity contribution in [3.05, 3.63) is 36.0 Å². The molecule has 0 unspecified atom stereocenters. The molecule has 144 valence electrons. The van der Waals surface area contributed by atoms with E-state index in [-0.39, 0.29) is 23.0 Å². The van der Waals surface area contributed by atoms with Crippen LogP contribution in [0.1, 0.15) is 54.9 Å². The van der Waals surface area contributed by atoms with E-state index in [2.05, 4.69) is 59.9 Å². The Morgan fingerprint density at radius 1 is 1.20 bits per heavy atom. The Labute approximate surface area is 156 Å². The fraction of sp³-hybridized carbons (Fsp3) is 0.667. The molecule has 2 atom stereocenters. The van der Waals surface area contributed by atoms with Crippen LogP contribution in [0.2, 0.25) is 18.1 Å². The Bertz CT molecular complexity index is 496. The highest BCUT2D eigenvalue weighted by atomic mass is 28.4. The maximum Gasteiger partial charge on any atom is 0.330 e. The van der Waals surface area contributed by atoms with Crippen LogP contribution >= 0.6 is 0 Å². The van der Waals surface area contributed by atoms with Crippen LogP contribution in [0.4, 0.5) is 0 Å². The molecule has 0 aliphatic rings. The molecule has 3 nitrogen and oxygen atoms in total. The molecular formula is C21H38O3Si. The van der Waals surface area contributed by atoms with Gasteiger partial charge in [0.05, 0.1) is 12.7 Å². The highest BCUT2D eigenvalue weighted by molar-refractivity contribution is 6.74. The molecule has 0 aliphatic heterocycles. The molecule has 0 rings (SSSR count). The van der Waals surface area contributed by atoms with Gasteiger partial charge in [-0.3, -0.25) is 0 Å². The zero-order chi connectivity index (χ0) is 19.7. The fourth-order valence-corrected chi connectivity index (χ4v) is 3.68. The minimum Gasteiger partial charge on any atom is -0.463 e. The summed E-state index contributed by atoms with van der Waals surface area (Å²) in [6.45, 7) is 19.8. The average Bonchev–Trinajstić information content (AvgIpc) is 2.45. The predicted molar refractivity (Wildman–Crippen MR) is 110 cm³/mol. The summed E-state index contributed by atoms with van der Waals surface area (Å²) in [6, 6.07) is 0. The van der Waals surface area contributed by atoms with E-state index in [4.69, 9.17) is 9.16 Å². The lowest BCUT2D eigenvalue weighted by Gasteiger charge is -2.40. The maximum absolute atomic E-state index is 11.5. The molecule has 0 aliphatic carbocycles. The summed E-state index contributed by atoms with van der Waals surface area (Å²) in [5.74, 6) is -0.0287. The van der Waals surface area contributed by atoms with Crippen molar-refractivity contribution in [2.24, 2.45) is 5.92 Å². The smallest absolute Gasteiger partial charge is 0.330 e. The molecule has 0 bridgehead atoms. The quantitative estimate of drug-likeness (QED) is 0.216. The van der Waals surface area contributed by atoms with Crippen molar-refractivity contribution in [1.29, 1.82) is 0 Å². The van der Waals surface area contributed by atoms with Crippen molar-refractivity contribution in [2.45, 2.75) is 79.1 Å². The van der Waals surface area contributed by atoms with Crippen molar-refractivity contribution in [3.8, 4) is 0 Å². The molecule has 0 saturated heterocycles. The van der Waals surface area contributed by atoms with Crippen LogP contribution < -0.4 is 0 Å². The zero-order valence-electron chi connectivity index (χ0n) is 17.7. The van der Waals surface area contributed by atoms with Gasteiger partial charge in [-0.2, -0.15) is 0 Å². The number of esters is 1. The van der Waals surface area contributed by atoms with Crippen LogP contribution in [0.15, 0.2) is 36.0 Å². The largest absolute Gasteiger partial charge is 0.463 e. The SMILES string of the molecule is CC=CC(C)=C[C@H](C)[C@H](CC=CC(=O)OCC)O[Si](C)(C)C(C)(C)C. The fourth-order valence-electron chi connectivity index (χ4n) is 2.25. The summed E-state index contributed by atoms with van der Waals surface area (Å²) in [5, 5.41) is 0.151. The third-order valence-corrected chi connectivity index (χ3v) is 9.21. The molecule has 0 aromatic heterocycles. The first-order valence-electron chi connectivity index (χ1n) is 9.26. The standard InChI is InChI=1S/C21H38O3Si/c1-10-13-17(3)16-18(4)19(14-12-15-20(22)23-11-2)24-25(8,9)21(5,6)7/h10,12-13,15-16,18-19H,11,14H2,1-9H3/t18-,19-/m0/s1. The Hall–Kier alpha value is -1.13. The minimum absolute atomic E-state index is 0.0479. The number of rotatable bonds is 9. The number of carbonyl (C=O) groups is 1. The van der Waals surface area contributed by atoms with Gasteiger partial charge in [0.25, 0.3) is 0 Å². The van der Waals surface area contributed by atoms with Gasteiger partial charge >= 0.3 is 5.97 Å². The third kappa shape index (κ3) is 9.22. The average molecular weight is 367 g/mol. The van der Waals surface area contributed by atoms with E-state index in [0.717, 1.165) is 0 Å². The molecule has 25 heavy (non-hydrogen) atoms. The normalized spacial score (nSPS) is 16.4. The van der Waals surface area contributed by atoms with Gasteiger partial charge in [0.2, 0.25) is 0 Å². The summed E-state index contributed by atoms with van der Waals surface area (Å²) in [7, 11) is -1.89. The van der Waals surface area contributed by atoms with Crippen LogP contribution in [0, 0.1) is 5.92 Å². The zero-order valence-corrected chi connectivity index (χ0v) is 18.7. The molecule has 0 saturated carbocycles. The van der Waals surface area contributed by atoms with E-state index < -0.39 is 8.32 Å². The second-order valence-electron chi connectivity index (χ2n) is 8.08. The van der Waals surface area contributed by atoms with Crippen molar-refractivity contribution >= 4 is 14.3 Å². The van der Waals surface area contributed by atoms with Crippen molar-refractivity contribution in [1.82, 2.24) is 0 Å². The summed E-state index contributed by atoms with van der Waals surface area (Å²) < 4.78 is 11.6. The molecule has 0 fully saturated rings. The first-order valence-corrected chi connectivity index (χ1v) is 12.2. The molecule has 0 spiro atoms. The van der Waals surface area contributed by atoms with Gasteiger partial charge in [-0.15, -0.1) is 0 Å². The lowest BCUT2D eigenvalue weighted by Crippen LogP contribution is -2.45. The summed E-state index contributed by atoms with van der Waals surface area (Å²) in [5.41, 5.74) is 1.23. The lowest BCUT2D eigenvalue weighted by atomic mass is 9.99. The molecule has 0 aromatic carbocycles. The first kappa shape index (κ1) is 23.9. The Kier molecular flexibility index (Phi) is 10.3. The Morgan fingerprint density at radius 3 is 2.28 bits per heavy atom. The Morgan fingerprint density at radius 2 is 1.80 bits per heavy atom. The van der Waals surface area contributed by atoms with E-state index in [1.54, 1.807) is 0 Å². The topological polar surface area (TPSA) is 35.5 Å². The number of carbonyl (C=O) groups excluding carboxylic acids is 1. The van der Waals surface area contributed by atoms with Crippen LogP contribution in [0.5, 0.6) is 0 Å². The van der Waals surface area contributed by atoms with Gasteiger partial charge in [0.15, 0.2) is 8.32 Å². The number of allylic oxidation sites excluding steroid dienone is 3. The highest BCUT2D eigenvalue weighted by Crippen LogP contribution is 2.38. The summed E-state index contributed by atoms with van der Waals surface area (Å²) in [6.07, 6.45) is 10.5. The van der Waals surface area contributed by atoms with Gasteiger partial charge in [-0.25, -0.2) is 4.79 Å². The number of ether oxygens (including phenoxy) is 1. The van der Waals surface area contributed by atoms with Gasteiger partial charge < -0.3 is 9.16 Å². The van der Waals surface area contributed by atoms with E-state index in [0.29, 0.717) is 13.0 Å². The van der Waals surface area contributed by atoms with Crippen molar-refractivity contribution in [2.75, 3.05) is 6.61 Å². The number of hydrogen-bond acceptors (Lipinski definition) is 3. The molecule has 0 aromatic rings. The van der Waals surface area contributed by atoms with Crippen LogP contribution in [0.25, 0.3) is 0 Å². The second kappa shape index (κ2) is 10.8. The molecule has 0 amide bonds. The van der Waals surface area contributed by atoms with Gasteiger partial charge in [-0.05, 0) is 51.2 Å². The van der Waals surface area contributed by atoms with Crippen molar-refractivity contribution < 1.29 is 14.0 Å². The maximum atomic E-state index is 11.5. The van der Waals surface area contributed by atoms with E-state index in [1.807, 2.05) is 26.0 Å². The monoisotopic (exact) mass is 366 g/mol. The molecule has 0 heterocycles. The second-order valence-corrected chi connectivity index (χ2v) is 12.8. The van der Waals surface area contributed by atoms with Crippen LogP contribution in [-0.2, 0) is 14.0 Å². The summed E-state index contributed by atoms with van der Waals surface area (Å²) in [4.78, 5) is 11.5. The number of hydrogen-bond donors (Lipinski definition) is 0. The summed E-state index contributed by atoms with van der Waals surface area (Å²) >= 11 is 0. The van der Waals surface area contributed by atoms with Crippen LogP contribution in [0.3, 0.4) is 0 Å². The highest BCUT2D eigenvalue weighted by Gasteiger charge is 2.39. The van der Waals surface area contributed by atoms with Crippen LogP contribution in [-0.4, -0.2) is 27.0 Å². The molecular weight excluding hydrogens is 328 g/mol. The van der Waals surface area contributed by atoms with Gasteiger partial charge in [0, 0.05) is 6.08 Å². The van der Waals surface area contributed by atoms with E-state index in [1.165, 1.54) is 11.6 Å². The van der Waals surface area contributed by atoms with Crippen molar-refractivity contribution in [3.63, 3.8) is 0 Å². The first-order chi connectivity index (χ1) is 11.4. The van der Waals surface area contributed by atoms with E-state index in [9.17, 15) is 4.79 Å². The third-order valence-electron chi connectivity index (χ3n) is 4.70. The van der Waals surface area contributed by atoms with Gasteiger partial charge in [0.1, 0.15) is 0 Å².